The molecule has 0 N–H and O–H groups in total. The summed E-state index contributed by atoms with van der Waals surface area (Å²) in [6.07, 6.45) is 0. The van der Waals surface area contributed by atoms with Crippen molar-refractivity contribution in [3.8, 4) is 0 Å². The maximum absolute atomic E-state index is 8.41. The monoisotopic (exact) mass is 157 g/mol. The van der Waals surface area contributed by atoms with Crippen molar-refractivity contribution in [1.82, 2.24) is 0 Å². The van der Waals surface area contributed by atoms with Crippen molar-refractivity contribution in [3.05, 3.63) is 0 Å². The van der Waals surface area contributed by atoms with Crippen LogP contribution in [0.3, 0.4) is 0 Å². The zero-order valence-corrected chi connectivity index (χ0v) is 6.81. The largest absolute Gasteiger partial charge is 0.357 e. The van der Waals surface area contributed by atoms with Gasteiger partial charge in [0.1, 0.15) is 0 Å². The second kappa shape index (κ2) is 4.96. The van der Waals surface area contributed by atoms with Crippen molar-refractivity contribution in [2.45, 2.75) is 0 Å². The van der Waals surface area contributed by atoms with E-state index in [0.29, 0.717) is 0 Å². The lowest BCUT2D eigenvalue weighted by molar-refractivity contribution is -1.73. The Morgan fingerprint density at radius 3 is 0.889 bits per heavy atom. The molecule has 0 aliphatic heterocycles. The molecular formula is C4H12ClNO3. The SMILES string of the molecule is C[N+](C)(C)C.[O-][Cl+2]([O-])[O-]. The highest BCUT2D eigenvalue weighted by Crippen LogP contribution is 1.73. The Labute approximate surface area is 58.3 Å². The number of quaternary nitrogens is 1. The highest BCUT2D eigenvalue weighted by atomic mass is 35.6. The first-order chi connectivity index (χ1) is 3.73. The van der Waals surface area contributed by atoms with E-state index in [1.807, 2.05) is 0 Å². The summed E-state index contributed by atoms with van der Waals surface area (Å²) in [4.78, 5) is 0. The molecule has 0 aliphatic carbocycles. The molecule has 0 bridgehead atoms. The van der Waals surface area contributed by atoms with Gasteiger partial charge in [0.15, 0.2) is 0 Å². The van der Waals surface area contributed by atoms with E-state index in [-0.39, 0.29) is 0 Å². The molecule has 0 unspecified atom stereocenters. The fourth-order valence-corrected chi connectivity index (χ4v) is 0. The van der Waals surface area contributed by atoms with Crippen LogP contribution in [0.25, 0.3) is 0 Å². The molecule has 0 aliphatic rings. The average Bonchev–Trinajstić information content (AvgIpc) is 1.19. The van der Waals surface area contributed by atoms with Crippen LogP contribution in [0.4, 0.5) is 0 Å². The summed E-state index contributed by atoms with van der Waals surface area (Å²) < 4.78 is 26.2. The molecule has 58 valence electrons. The molecule has 0 rings (SSSR count). The Morgan fingerprint density at radius 2 is 0.889 bits per heavy atom. The molecule has 0 spiro atoms. The Bertz CT molecular complexity index is 52.6. The van der Waals surface area contributed by atoms with E-state index in [4.69, 9.17) is 14.0 Å². The molecule has 0 amide bonds. The minimum atomic E-state index is -2.85. The molecule has 4 nitrogen and oxygen atoms in total. The highest BCUT2D eigenvalue weighted by molar-refractivity contribution is 3.87. The second-order valence-corrected chi connectivity index (χ2v) is 3.25. The fraction of sp³-hybridized carbons (Fsp3) is 1.00. The van der Waals surface area contributed by atoms with Gasteiger partial charge in [-0.05, 0) is 0 Å². The van der Waals surface area contributed by atoms with E-state index in [2.05, 4.69) is 28.2 Å². The maximum Gasteiger partial charge on any atom is 0.0695 e. The van der Waals surface area contributed by atoms with Crippen molar-refractivity contribution >= 4 is 0 Å². The molecule has 0 heterocycles. The van der Waals surface area contributed by atoms with Crippen LogP contribution in [-0.2, 0) is 0 Å². The molecular weight excluding hydrogens is 146 g/mol. The summed E-state index contributed by atoms with van der Waals surface area (Å²) in [5.41, 5.74) is 0. The van der Waals surface area contributed by atoms with Gasteiger partial charge in [0.25, 0.3) is 0 Å². The zero-order chi connectivity index (χ0) is 8.08. The molecule has 5 heteroatoms. The number of hydrogen-bond donors (Lipinski definition) is 0. The van der Waals surface area contributed by atoms with Gasteiger partial charge in [0.2, 0.25) is 0 Å². The van der Waals surface area contributed by atoms with Gasteiger partial charge < -0.3 is 18.5 Å². The second-order valence-electron chi connectivity index (χ2n) is 2.87. The molecule has 0 fully saturated rings. The van der Waals surface area contributed by atoms with Gasteiger partial charge in [-0.25, -0.2) is 0 Å². The van der Waals surface area contributed by atoms with Gasteiger partial charge in [-0.1, -0.05) is 0 Å². The summed E-state index contributed by atoms with van der Waals surface area (Å²) in [7, 11) is 5.65. The Hall–Kier alpha value is 0.130. The lowest BCUT2D eigenvalue weighted by atomic mass is 10.8. The number of hydrogen-bond acceptors (Lipinski definition) is 3. The van der Waals surface area contributed by atoms with Crippen molar-refractivity contribution < 1.29 is 29.2 Å². The molecule has 0 saturated carbocycles. The van der Waals surface area contributed by atoms with E-state index in [1.54, 1.807) is 0 Å². The van der Waals surface area contributed by atoms with Crippen LogP contribution < -0.4 is 14.0 Å². The van der Waals surface area contributed by atoms with E-state index in [0.717, 1.165) is 4.48 Å². The van der Waals surface area contributed by atoms with Crippen molar-refractivity contribution in [2.24, 2.45) is 0 Å². The third kappa shape index (κ3) is 18100. The summed E-state index contributed by atoms with van der Waals surface area (Å²) >= 11 is 0. The van der Waals surface area contributed by atoms with Crippen LogP contribution in [0.5, 0.6) is 0 Å². The molecule has 0 saturated heterocycles. The number of nitrogens with zero attached hydrogens (tertiary/aromatic N) is 1. The van der Waals surface area contributed by atoms with Gasteiger partial charge in [-0.2, -0.15) is 0 Å². The number of halogens is 1. The van der Waals surface area contributed by atoms with Crippen LogP contribution in [0.1, 0.15) is 0 Å². The van der Waals surface area contributed by atoms with Crippen LogP contribution in [0, 0.1) is 10.8 Å². The first-order valence-corrected chi connectivity index (χ1v) is 3.18. The summed E-state index contributed by atoms with van der Waals surface area (Å²) in [5, 5.41) is 0. The van der Waals surface area contributed by atoms with E-state index in [9.17, 15) is 0 Å². The summed E-state index contributed by atoms with van der Waals surface area (Å²) in [6, 6.07) is 0. The standard InChI is InChI=1S/C4H12N.ClO3/c1-5(2,3)4;2-1(3)4/h1-4H3;/q+1;-1. The predicted molar refractivity (Wildman–Crippen MR) is 24.0 cm³/mol. The van der Waals surface area contributed by atoms with Gasteiger partial charge in [-0.15, -0.1) is 0 Å². The minimum Gasteiger partial charge on any atom is -0.357 e. The smallest absolute Gasteiger partial charge is 0.0695 e. The predicted octanol–water partition coefficient (Wildman–Crippen LogP) is -3.24. The average molecular weight is 158 g/mol. The van der Waals surface area contributed by atoms with Gasteiger partial charge >= 0.3 is 0 Å². The lowest BCUT2D eigenvalue weighted by Gasteiger charge is -2.14. The van der Waals surface area contributed by atoms with Crippen molar-refractivity contribution in [1.29, 1.82) is 0 Å². The quantitative estimate of drug-likeness (QED) is 0.347. The fourth-order valence-electron chi connectivity index (χ4n) is 0. The van der Waals surface area contributed by atoms with E-state index < -0.39 is 10.8 Å². The molecule has 0 radical (unpaired) electrons. The first kappa shape index (κ1) is 11.9. The Balaban J connectivity index is 0. The van der Waals surface area contributed by atoms with E-state index >= 15 is 0 Å². The first-order valence-electron chi connectivity index (χ1n) is 2.25. The molecule has 0 aromatic heterocycles. The van der Waals surface area contributed by atoms with Crippen LogP contribution in [0.2, 0.25) is 0 Å². The molecule has 0 atom stereocenters. The zero-order valence-electron chi connectivity index (χ0n) is 6.05. The Kier molecular flexibility index (Phi) is 6.54. The van der Waals surface area contributed by atoms with Crippen LogP contribution in [-0.4, -0.2) is 32.7 Å². The highest BCUT2D eigenvalue weighted by Gasteiger charge is 1.88. The minimum absolute atomic E-state index is 1.00. The summed E-state index contributed by atoms with van der Waals surface area (Å²) in [5.74, 6) is 0. The van der Waals surface area contributed by atoms with Crippen molar-refractivity contribution in [3.63, 3.8) is 0 Å². The maximum atomic E-state index is 8.41. The van der Waals surface area contributed by atoms with Gasteiger partial charge in [0, 0.05) is 0 Å². The van der Waals surface area contributed by atoms with E-state index in [1.165, 1.54) is 0 Å². The normalized spacial score (nSPS) is 10.7. The number of rotatable bonds is 0. The van der Waals surface area contributed by atoms with Crippen molar-refractivity contribution in [2.75, 3.05) is 28.2 Å². The van der Waals surface area contributed by atoms with Gasteiger partial charge in [-0.3, -0.25) is 0 Å². The summed E-state index contributed by atoms with van der Waals surface area (Å²) in [6.45, 7) is 0. The van der Waals surface area contributed by atoms with Gasteiger partial charge in [0.05, 0.1) is 39.0 Å². The van der Waals surface area contributed by atoms with Crippen LogP contribution in [0.15, 0.2) is 0 Å². The molecule has 0 aromatic rings. The molecule has 9 heavy (non-hydrogen) atoms. The topological polar surface area (TPSA) is 69.2 Å². The molecule has 0 aromatic carbocycles. The Morgan fingerprint density at radius 1 is 0.889 bits per heavy atom. The van der Waals surface area contributed by atoms with Crippen LogP contribution >= 0.6 is 0 Å². The third-order valence-electron chi connectivity index (χ3n) is 0. The third-order valence-corrected chi connectivity index (χ3v) is 0. The lowest BCUT2D eigenvalue weighted by Crippen LogP contribution is -2.42.